The van der Waals surface area contributed by atoms with Crippen molar-refractivity contribution in [3.8, 4) is 0 Å². The summed E-state index contributed by atoms with van der Waals surface area (Å²) in [4.78, 5) is 17.9. The first-order chi connectivity index (χ1) is 14.3. The molecule has 0 bridgehead atoms. The van der Waals surface area contributed by atoms with Gasteiger partial charge in [0.05, 0.1) is 6.04 Å². The molecule has 4 heterocycles. The summed E-state index contributed by atoms with van der Waals surface area (Å²) in [6, 6.07) is 8.23. The summed E-state index contributed by atoms with van der Waals surface area (Å²) in [5.41, 5.74) is 1.96. The lowest BCUT2D eigenvalue weighted by Crippen LogP contribution is -2.33. The number of nitrogens with one attached hydrogen (secondary N) is 1. The number of rotatable bonds is 3. The molecule has 1 atom stereocenters. The van der Waals surface area contributed by atoms with Crippen LogP contribution in [0.1, 0.15) is 60.2 Å². The Morgan fingerprint density at radius 2 is 1.90 bits per heavy atom. The van der Waals surface area contributed by atoms with E-state index in [-0.39, 0.29) is 11.9 Å². The fourth-order valence-electron chi connectivity index (χ4n) is 4.97. The highest BCUT2D eigenvalue weighted by Gasteiger charge is 2.35. The summed E-state index contributed by atoms with van der Waals surface area (Å²) in [6.07, 6.45) is 6.65. The molecule has 1 aromatic carbocycles. The van der Waals surface area contributed by atoms with E-state index in [1.807, 2.05) is 17.0 Å². The van der Waals surface area contributed by atoms with Crippen molar-refractivity contribution in [3.63, 3.8) is 0 Å². The Labute approximate surface area is 172 Å². The van der Waals surface area contributed by atoms with E-state index < -0.39 is 0 Å². The summed E-state index contributed by atoms with van der Waals surface area (Å²) >= 11 is 0. The van der Waals surface area contributed by atoms with Crippen LogP contribution in [0.2, 0.25) is 0 Å². The summed E-state index contributed by atoms with van der Waals surface area (Å²) < 4.78 is 2.24. The van der Waals surface area contributed by atoms with Gasteiger partial charge >= 0.3 is 0 Å². The minimum Gasteiger partial charge on any atom is -0.372 e. The van der Waals surface area contributed by atoms with Crippen molar-refractivity contribution in [2.45, 2.75) is 51.1 Å². The molecule has 7 nitrogen and oxygen atoms in total. The maximum atomic E-state index is 13.5. The van der Waals surface area contributed by atoms with Crippen molar-refractivity contribution >= 4 is 11.6 Å². The zero-order chi connectivity index (χ0) is 19.6. The van der Waals surface area contributed by atoms with Gasteiger partial charge in [0.1, 0.15) is 5.82 Å². The van der Waals surface area contributed by atoms with Gasteiger partial charge in [-0.15, -0.1) is 10.2 Å². The summed E-state index contributed by atoms with van der Waals surface area (Å²) in [5.74, 6) is 2.12. The number of amides is 1. The summed E-state index contributed by atoms with van der Waals surface area (Å²) in [5, 5.41) is 12.4. The van der Waals surface area contributed by atoms with Crippen molar-refractivity contribution in [2.75, 3.05) is 37.6 Å². The molecule has 2 aromatic rings. The monoisotopic (exact) mass is 394 g/mol. The van der Waals surface area contributed by atoms with Crippen LogP contribution in [0.25, 0.3) is 0 Å². The van der Waals surface area contributed by atoms with E-state index in [4.69, 9.17) is 0 Å². The largest absolute Gasteiger partial charge is 0.372 e. The second-order valence-corrected chi connectivity index (χ2v) is 8.38. The lowest BCUT2D eigenvalue weighted by molar-refractivity contribution is 0.0727. The summed E-state index contributed by atoms with van der Waals surface area (Å²) in [7, 11) is 0. The van der Waals surface area contributed by atoms with Crippen LogP contribution in [-0.2, 0) is 13.0 Å². The molecule has 2 saturated heterocycles. The highest BCUT2D eigenvalue weighted by atomic mass is 16.2. The maximum absolute atomic E-state index is 13.5. The van der Waals surface area contributed by atoms with Gasteiger partial charge in [-0.3, -0.25) is 4.79 Å². The SMILES string of the molecule is O=C(c1cccc(N2CCCCC2)c1)N1CCC[C@H]1c1nnc2n1CCNCC2. The normalized spacial score (nSPS) is 22.4. The minimum absolute atomic E-state index is 0.0282. The Morgan fingerprint density at radius 1 is 1.00 bits per heavy atom. The Bertz CT molecular complexity index is 872. The smallest absolute Gasteiger partial charge is 0.254 e. The van der Waals surface area contributed by atoms with Gasteiger partial charge in [-0.25, -0.2) is 0 Å². The molecule has 0 radical (unpaired) electrons. The molecule has 2 fully saturated rings. The maximum Gasteiger partial charge on any atom is 0.254 e. The molecule has 0 unspecified atom stereocenters. The first kappa shape index (κ1) is 18.6. The van der Waals surface area contributed by atoms with Crippen LogP contribution >= 0.6 is 0 Å². The van der Waals surface area contributed by atoms with Crippen molar-refractivity contribution < 1.29 is 4.79 Å². The van der Waals surface area contributed by atoms with Gasteiger partial charge in [0.2, 0.25) is 0 Å². The lowest BCUT2D eigenvalue weighted by atomic mass is 10.1. The first-order valence-electron chi connectivity index (χ1n) is 11.1. The minimum atomic E-state index is 0.0282. The average Bonchev–Trinajstić information content (AvgIpc) is 3.34. The van der Waals surface area contributed by atoms with Crippen LogP contribution in [0, 0.1) is 0 Å². The van der Waals surface area contributed by atoms with Gasteiger partial charge in [0, 0.05) is 56.9 Å². The number of anilines is 1. The number of carbonyl (C=O) groups excluding carboxylic acids is 1. The standard InChI is InChI=1S/C22H30N6O/c29-22(17-6-4-7-18(16-17)26-12-2-1-3-13-26)27-14-5-8-19(27)21-25-24-20-9-10-23-11-15-28(20)21/h4,6-7,16,19,23H,1-3,5,8-15H2/t19-/m0/s1. The molecular weight excluding hydrogens is 364 g/mol. The topological polar surface area (TPSA) is 66.3 Å². The molecule has 1 N–H and O–H groups in total. The van der Waals surface area contributed by atoms with Gasteiger partial charge in [-0.2, -0.15) is 0 Å². The van der Waals surface area contributed by atoms with E-state index in [1.165, 1.54) is 24.9 Å². The van der Waals surface area contributed by atoms with Crippen LogP contribution in [0.15, 0.2) is 24.3 Å². The van der Waals surface area contributed by atoms with Gasteiger partial charge in [-0.1, -0.05) is 6.07 Å². The summed E-state index contributed by atoms with van der Waals surface area (Å²) in [6.45, 7) is 5.71. The fourth-order valence-corrected chi connectivity index (χ4v) is 4.97. The highest BCUT2D eigenvalue weighted by Crippen LogP contribution is 2.33. The number of aromatic nitrogens is 3. The predicted molar refractivity (Wildman–Crippen MR) is 112 cm³/mol. The Hall–Kier alpha value is -2.41. The molecular formula is C22H30N6O. The quantitative estimate of drug-likeness (QED) is 0.866. The Morgan fingerprint density at radius 3 is 2.79 bits per heavy atom. The molecule has 29 heavy (non-hydrogen) atoms. The highest BCUT2D eigenvalue weighted by molar-refractivity contribution is 5.95. The van der Waals surface area contributed by atoms with Crippen LogP contribution in [0.5, 0.6) is 0 Å². The number of nitrogens with zero attached hydrogens (tertiary/aromatic N) is 5. The number of hydrogen-bond acceptors (Lipinski definition) is 5. The third-order valence-corrected chi connectivity index (χ3v) is 6.52. The van der Waals surface area contributed by atoms with Crippen LogP contribution < -0.4 is 10.2 Å². The van der Waals surface area contributed by atoms with E-state index in [1.54, 1.807) is 0 Å². The lowest BCUT2D eigenvalue weighted by Gasteiger charge is -2.29. The first-order valence-corrected chi connectivity index (χ1v) is 11.1. The number of benzene rings is 1. The molecule has 154 valence electrons. The number of fused-ring (bicyclic) bond motifs is 1. The number of hydrogen-bond donors (Lipinski definition) is 1. The van der Waals surface area contributed by atoms with Crippen LogP contribution in [-0.4, -0.2) is 58.3 Å². The third kappa shape index (κ3) is 3.64. The van der Waals surface area contributed by atoms with Crippen LogP contribution in [0.3, 0.4) is 0 Å². The molecule has 1 amide bonds. The molecule has 0 spiro atoms. The zero-order valence-electron chi connectivity index (χ0n) is 17.0. The zero-order valence-corrected chi connectivity index (χ0v) is 17.0. The van der Waals surface area contributed by atoms with Gasteiger partial charge in [-0.05, 0) is 50.3 Å². The third-order valence-electron chi connectivity index (χ3n) is 6.52. The molecule has 0 aliphatic carbocycles. The second-order valence-electron chi connectivity index (χ2n) is 8.38. The van der Waals surface area contributed by atoms with Crippen LogP contribution in [0.4, 0.5) is 5.69 Å². The Kier molecular flexibility index (Phi) is 5.23. The van der Waals surface area contributed by atoms with E-state index in [9.17, 15) is 4.79 Å². The van der Waals surface area contributed by atoms with Crippen molar-refractivity contribution in [1.82, 2.24) is 25.0 Å². The average molecular weight is 395 g/mol. The number of likely N-dealkylation sites (tertiary alicyclic amines) is 1. The second kappa shape index (κ2) is 8.14. The molecule has 0 saturated carbocycles. The Balaban J connectivity index is 1.39. The predicted octanol–water partition coefficient (Wildman–Crippen LogP) is 2.39. The van der Waals surface area contributed by atoms with E-state index in [2.05, 4.69) is 37.1 Å². The van der Waals surface area contributed by atoms with E-state index in [0.29, 0.717) is 0 Å². The molecule has 5 rings (SSSR count). The van der Waals surface area contributed by atoms with Gasteiger partial charge in [0.25, 0.3) is 5.91 Å². The molecule has 3 aliphatic rings. The number of piperidine rings is 1. The van der Waals surface area contributed by atoms with E-state index >= 15 is 0 Å². The molecule has 7 heteroatoms. The molecule has 3 aliphatic heterocycles. The van der Waals surface area contributed by atoms with Crippen molar-refractivity contribution in [1.29, 1.82) is 0 Å². The fraction of sp³-hybridized carbons (Fsp3) is 0.591. The van der Waals surface area contributed by atoms with Crippen molar-refractivity contribution in [3.05, 3.63) is 41.5 Å². The molecule has 1 aromatic heterocycles. The van der Waals surface area contributed by atoms with Crippen molar-refractivity contribution in [2.24, 2.45) is 0 Å². The van der Waals surface area contributed by atoms with E-state index in [0.717, 1.165) is 75.7 Å². The van der Waals surface area contributed by atoms with Gasteiger partial charge in [0.15, 0.2) is 5.82 Å². The van der Waals surface area contributed by atoms with Gasteiger partial charge < -0.3 is 19.7 Å². The number of carbonyl (C=O) groups is 1.